The van der Waals surface area contributed by atoms with Crippen molar-refractivity contribution < 1.29 is 13.5 Å². The Hall–Kier alpha value is -0.180. The highest BCUT2D eigenvalue weighted by atomic mass is 19.3. The minimum atomic E-state index is -2.67. The summed E-state index contributed by atoms with van der Waals surface area (Å²) in [6.45, 7) is 4.34. The van der Waals surface area contributed by atoms with Crippen LogP contribution in [0.1, 0.15) is 27.7 Å². The first kappa shape index (κ1) is 9.82. The molecule has 0 radical (unpaired) electrons. The van der Waals surface area contributed by atoms with Crippen molar-refractivity contribution in [1.82, 2.24) is 0 Å². The minimum Gasteiger partial charge on any atom is -0.317 e. The van der Waals surface area contributed by atoms with E-state index in [0.29, 0.717) is 0 Å². The van der Waals surface area contributed by atoms with E-state index in [0.717, 1.165) is 0 Å². The first-order chi connectivity index (χ1) is 4.36. The highest BCUT2D eigenvalue weighted by Crippen LogP contribution is 2.22. The topological polar surface area (TPSA) is 9.23 Å². The Morgan fingerprint density at radius 3 is 1.70 bits per heavy atom. The van der Waals surface area contributed by atoms with Crippen LogP contribution in [0.15, 0.2) is 0 Å². The fraction of sp³-hybridized carbons (Fsp3) is 1.00. The van der Waals surface area contributed by atoms with Crippen molar-refractivity contribution in [3.63, 3.8) is 0 Å². The lowest BCUT2D eigenvalue weighted by Gasteiger charge is -2.28. The Balaban J connectivity index is 3.87. The SMILES string of the molecule is CC(C)C(C)(C)OC(F)F. The van der Waals surface area contributed by atoms with Crippen molar-refractivity contribution in [1.29, 1.82) is 0 Å². The molecule has 10 heavy (non-hydrogen) atoms. The molecule has 0 N–H and O–H groups in total. The molecule has 62 valence electrons. The van der Waals surface area contributed by atoms with E-state index in [1.807, 2.05) is 13.8 Å². The lowest BCUT2D eigenvalue weighted by molar-refractivity contribution is -0.210. The molecule has 0 saturated carbocycles. The molecule has 0 atom stereocenters. The van der Waals surface area contributed by atoms with Crippen molar-refractivity contribution in [3.8, 4) is 0 Å². The second-order valence-electron chi connectivity index (χ2n) is 3.14. The van der Waals surface area contributed by atoms with Crippen LogP contribution >= 0.6 is 0 Å². The van der Waals surface area contributed by atoms with Gasteiger partial charge in [-0.2, -0.15) is 8.78 Å². The van der Waals surface area contributed by atoms with E-state index in [1.165, 1.54) is 0 Å². The molecule has 0 amide bonds. The van der Waals surface area contributed by atoms with Crippen LogP contribution in [-0.4, -0.2) is 12.2 Å². The Labute approximate surface area is 60.4 Å². The Morgan fingerprint density at radius 1 is 1.20 bits per heavy atom. The summed E-state index contributed by atoms with van der Waals surface area (Å²) in [5, 5.41) is 0. The molecule has 0 aromatic heterocycles. The molecule has 0 aliphatic rings. The zero-order valence-corrected chi connectivity index (χ0v) is 6.82. The molecule has 0 aromatic rings. The van der Waals surface area contributed by atoms with Crippen LogP contribution in [-0.2, 0) is 4.74 Å². The fourth-order valence-electron chi connectivity index (χ4n) is 0.366. The van der Waals surface area contributed by atoms with Gasteiger partial charge in [0.25, 0.3) is 0 Å². The van der Waals surface area contributed by atoms with Gasteiger partial charge in [0, 0.05) is 0 Å². The van der Waals surface area contributed by atoms with Gasteiger partial charge in [-0.15, -0.1) is 0 Å². The molecule has 0 bridgehead atoms. The van der Waals surface area contributed by atoms with Crippen LogP contribution in [0.5, 0.6) is 0 Å². The molecule has 0 saturated heterocycles. The number of hydrogen-bond acceptors (Lipinski definition) is 1. The Bertz CT molecular complexity index is 99.8. The monoisotopic (exact) mass is 152 g/mol. The van der Waals surface area contributed by atoms with E-state index in [-0.39, 0.29) is 5.92 Å². The predicted octanol–water partition coefficient (Wildman–Crippen LogP) is 2.66. The average Bonchev–Trinajstić information content (AvgIpc) is 1.60. The molecule has 3 heteroatoms. The van der Waals surface area contributed by atoms with Gasteiger partial charge in [0.2, 0.25) is 0 Å². The molecule has 0 unspecified atom stereocenters. The molecule has 0 aliphatic heterocycles. The average molecular weight is 152 g/mol. The van der Waals surface area contributed by atoms with Crippen LogP contribution in [0.3, 0.4) is 0 Å². The van der Waals surface area contributed by atoms with Crippen LogP contribution in [0.2, 0.25) is 0 Å². The van der Waals surface area contributed by atoms with Gasteiger partial charge in [-0.3, -0.25) is 0 Å². The Morgan fingerprint density at radius 2 is 1.60 bits per heavy atom. The van der Waals surface area contributed by atoms with Crippen molar-refractivity contribution >= 4 is 0 Å². The van der Waals surface area contributed by atoms with Gasteiger partial charge in [-0.25, -0.2) is 0 Å². The standard InChI is InChI=1S/C7H14F2O/c1-5(2)7(3,4)10-6(8)9/h5-6H,1-4H3. The minimum absolute atomic E-state index is 0.0986. The lowest BCUT2D eigenvalue weighted by Crippen LogP contribution is -2.32. The number of halogens is 2. The fourth-order valence-corrected chi connectivity index (χ4v) is 0.366. The first-order valence-electron chi connectivity index (χ1n) is 3.32. The van der Waals surface area contributed by atoms with Gasteiger partial charge >= 0.3 is 6.61 Å². The maximum atomic E-state index is 11.7. The first-order valence-corrected chi connectivity index (χ1v) is 3.32. The van der Waals surface area contributed by atoms with Crippen LogP contribution < -0.4 is 0 Å². The summed E-state index contributed by atoms with van der Waals surface area (Å²) in [5.74, 6) is 0.0986. The molecule has 0 aromatic carbocycles. The molecule has 0 heterocycles. The largest absolute Gasteiger partial charge is 0.345 e. The second-order valence-corrected chi connectivity index (χ2v) is 3.14. The van der Waals surface area contributed by atoms with Crippen molar-refractivity contribution in [2.45, 2.75) is 39.9 Å². The number of ether oxygens (including phenoxy) is 1. The van der Waals surface area contributed by atoms with Crippen LogP contribution in [0, 0.1) is 5.92 Å². The van der Waals surface area contributed by atoms with Crippen molar-refractivity contribution in [3.05, 3.63) is 0 Å². The molecular formula is C7H14F2O. The smallest absolute Gasteiger partial charge is 0.317 e. The van der Waals surface area contributed by atoms with Gasteiger partial charge in [0.05, 0.1) is 5.60 Å². The highest BCUT2D eigenvalue weighted by Gasteiger charge is 2.26. The van der Waals surface area contributed by atoms with Crippen molar-refractivity contribution in [2.75, 3.05) is 0 Å². The van der Waals surface area contributed by atoms with Crippen LogP contribution in [0.25, 0.3) is 0 Å². The van der Waals surface area contributed by atoms with E-state index in [9.17, 15) is 8.78 Å². The van der Waals surface area contributed by atoms with E-state index in [2.05, 4.69) is 4.74 Å². The highest BCUT2D eigenvalue weighted by molar-refractivity contribution is 4.71. The van der Waals surface area contributed by atoms with E-state index >= 15 is 0 Å². The summed E-state index contributed by atoms with van der Waals surface area (Å²) >= 11 is 0. The van der Waals surface area contributed by atoms with Gasteiger partial charge in [-0.1, -0.05) is 13.8 Å². The summed E-state index contributed by atoms with van der Waals surface area (Å²) < 4.78 is 27.7. The van der Waals surface area contributed by atoms with Gasteiger partial charge in [0.15, 0.2) is 0 Å². The molecular weight excluding hydrogens is 138 g/mol. The molecule has 0 rings (SSSR count). The molecule has 0 aliphatic carbocycles. The van der Waals surface area contributed by atoms with Gasteiger partial charge < -0.3 is 4.74 Å². The number of rotatable bonds is 3. The zero-order valence-electron chi connectivity index (χ0n) is 6.82. The normalized spacial score (nSPS) is 13.2. The lowest BCUT2D eigenvalue weighted by atomic mass is 9.95. The third-order valence-electron chi connectivity index (χ3n) is 1.78. The van der Waals surface area contributed by atoms with Crippen molar-refractivity contribution in [2.24, 2.45) is 5.92 Å². The van der Waals surface area contributed by atoms with E-state index < -0.39 is 12.2 Å². The van der Waals surface area contributed by atoms with E-state index in [1.54, 1.807) is 13.8 Å². The summed E-state index contributed by atoms with van der Waals surface area (Å²) in [6, 6.07) is 0. The van der Waals surface area contributed by atoms with Gasteiger partial charge in [-0.05, 0) is 19.8 Å². The van der Waals surface area contributed by atoms with Crippen LogP contribution in [0.4, 0.5) is 8.78 Å². The number of alkyl halides is 2. The molecule has 1 nitrogen and oxygen atoms in total. The third-order valence-corrected chi connectivity index (χ3v) is 1.78. The summed E-state index contributed by atoms with van der Waals surface area (Å²) in [6.07, 6.45) is 0. The second kappa shape index (κ2) is 3.28. The quantitative estimate of drug-likeness (QED) is 0.604. The zero-order chi connectivity index (χ0) is 8.36. The maximum absolute atomic E-state index is 11.7. The number of hydrogen-bond donors (Lipinski definition) is 0. The summed E-state index contributed by atoms with van der Waals surface area (Å²) in [4.78, 5) is 0. The van der Waals surface area contributed by atoms with Gasteiger partial charge in [0.1, 0.15) is 0 Å². The van der Waals surface area contributed by atoms with E-state index in [4.69, 9.17) is 0 Å². The summed E-state index contributed by atoms with van der Waals surface area (Å²) in [7, 11) is 0. The molecule has 0 fully saturated rings. The summed E-state index contributed by atoms with van der Waals surface area (Å²) in [5.41, 5.74) is -0.728. The molecule has 0 spiro atoms. The maximum Gasteiger partial charge on any atom is 0.345 e. The Kier molecular flexibility index (Phi) is 3.22. The predicted molar refractivity (Wildman–Crippen MR) is 36.0 cm³/mol. The third kappa shape index (κ3) is 3.11.